The summed E-state index contributed by atoms with van der Waals surface area (Å²) < 4.78 is 34.1. The number of carbonyl (C=O) groups excluding carboxylic acids is 1. The number of amides is 1. The van der Waals surface area contributed by atoms with Gasteiger partial charge in [0.25, 0.3) is 0 Å². The number of hydrogen-bond donors (Lipinski definition) is 12. The third kappa shape index (κ3) is 22.7. The van der Waals surface area contributed by atoms with Gasteiger partial charge in [0.2, 0.25) is 5.91 Å². The molecule has 0 radical (unpaired) electrons. The van der Waals surface area contributed by atoms with E-state index in [1.54, 1.807) is 6.08 Å². The van der Waals surface area contributed by atoms with Gasteiger partial charge in [-0.3, -0.25) is 4.79 Å². The Kier molecular flexibility index (Phi) is 33.7. The molecule has 3 heterocycles. The summed E-state index contributed by atoms with van der Waals surface area (Å²) in [5, 5.41) is 120. The number of allylic oxidation sites excluding steroid dienone is 5. The average molecular weight is 1030 g/mol. The number of rotatable bonds is 38. The van der Waals surface area contributed by atoms with Crippen LogP contribution in [0.2, 0.25) is 0 Å². The fraction of sp³-hybridized carbons (Fsp3) is 0.868. The van der Waals surface area contributed by atoms with Gasteiger partial charge in [0, 0.05) is 6.42 Å². The maximum absolute atomic E-state index is 13.2. The molecule has 420 valence electrons. The Morgan fingerprint density at radius 3 is 1.44 bits per heavy atom. The average Bonchev–Trinajstić information content (AvgIpc) is 3.37. The molecule has 3 saturated heterocycles. The SMILES string of the molecule is CCCCC/C=C\C/C=C\CCCCCCCC(=O)NC(COC1OC(CO)C(OC2OC(CO)C(OC3OC(CO)C(O)C(O)C3O)C(O)C2O)C(O)C1O)C(O)/C=C/CCCCCCCCCCCC. The number of nitrogens with one attached hydrogen (secondary N) is 1. The highest BCUT2D eigenvalue weighted by Crippen LogP contribution is 2.33. The maximum atomic E-state index is 13.2. The lowest BCUT2D eigenvalue weighted by Crippen LogP contribution is -2.66. The molecule has 19 heteroatoms. The Balaban J connectivity index is 1.55. The summed E-state index contributed by atoms with van der Waals surface area (Å²) in [5.41, 5.74) is 0. The van der Waals surface area contributed by atoms with E-state index < -0.39 is 124 Å². The highest BCUT2D eigenvalue weighted by Gasteiger charge is 2.53. The summed E-state index contributed by atoms with van der Waals surface area (Å²) >= 11 is 0. The predicted molar refractivity (Wildman–Crippen MR) is 268 cm³/mol. The molecule has 12 N–H and O–H groups in total. The van der Waals surface area contributed by atoms with Gasteiger partial charge in [-0.25, -0.2) is 0 Å². The van der Waals surface area contributed by atoms with Crippen molar-refractivity contribution in [1.29, 1.82) is 0 Å². The first kappa shape index (κ1) is 64.3. The van der Waals surface area contributed by atoms with Crippen molar-refractivity contribution in [2.75, 3.05) is 26.4 Å². The minimum absolute atomic E-state index is 0.227. The zero-order chi connectivity index (χ0) is 52.7. The third-order valence-corrected chi connectivity index (χ3v) is 13.7. The molecule has 0 aromatic rings. The highest BCUT2D eigenvalue weighted by molar-refractivity contribution is 5.76. The van der Waals surface area contributed by atoms with Crippen molar-refractivity contribution in [2.45, 2.75) is 266 Å². The minimum atomic E-state index is -1.98. The lowest BCUT2D eigenvalue weighted by atomic mass is 9.96. The van der Waals surface area contributed by atoms with E-state index in [-0.39, 0.29) is 18.9 Å². The molecule has 0 aromatic carbocycles. The molecule has 3 rings (SSSR count). The van der Waals surface area contributed by atoms with E-state index in [0.29, 0.717) is 6.42 Å². The Bertz CT molecular complexity index is 1470. The second-order valence-corrected chi connectivity index (χ2v) is 19.7. The zero-order valence-electron chi connectivity index (χ0n) is 43.1. The molecule has 0 aliphatic carbocycles. The molecular formula is C53H95NO18. The summed E-state index contributed by atoms with van der Waals surface area (Å²) in [4.78, 5) is 13.2. The molecule has 3 fully saturated rings. The zero-order valence-corrected chi connectivity index (χ0v) is 43.1. The quantitative estimate of drug-likeness (QED) is 0.0313. The number of ether oxygens (including phenoxy) is 6. The summed E-state index contributed by atoms with van der Waals surface area (Å²) in [6.07, 6.45) is 9.94. The van der Waals surface area contributed by atoms with Gasteiger partial charge >= 0.3 is 0 Å². The summed E-state index contributed by atoms with van der Waals surface area (Å²) in [7, 11) is 0. The summed E-state index contributed by atoms with van der Waals surface area (Å²) in [6, 6.07) is -0.977. The van der Waals surface area contributed by atoms with Gasteiger partial charge in [-0.15, -0.1) is 0 Å². The summed E-state index contributed by atoms with van der Waals surface area (Å²) in [5.74, 6) is -0.293. The van der Waals surface area contributed by atoms with Crippen LogP contribution in [-0.2, 0) is 33.2 Å². The molecule has 19 nitrogen and oxygen atoms in total. The Morgan fingerprint density at radius 2 is 0.917 bits per heavy atom. The number of unbranched alkanes of at least 4 members (excludes halogenated alkanes) is 18. The van der Waals surface area contributed by atoms with E-state index in [1.807, 2.05) is 6.08 Å². The lowest BCUT2D eigenvalue weighted by molar-refractivity contribution is -0.379. The van der Waals surface area contributed by atoms with Crippen LogP contribution in [0.4, 0.5) is 0 Å². The molecule has 17 atom stereocenters. The van der Waals surface area contributed by atoms with E-state index >= 15 is 0 Å². The van der Waals surface area contributed by atoms with Crippen molar-refractivity contribution in [3.8, 4) is 0 Å². The van der Waals surface area contributed by atoms with Gasteiger partial charge in [0.1, 0.15) is 73.2 Å². The molecule has 17 unspecified atom stereocenters. The molecule has 3 aliphatic heterocycles. The Hall–Kier alpha value is -1.99. The molecule has 0 bridgehead atoms. The van der Waals surface area contributed by atoms with Crippen LogP contribution in [0.25, 0.3) is 0 Å². The van der Waals surface area contributed by atoms with Crippen molar-refractivity contribution in [2.24, 2.45) is 0 Å². The molecule has 72 heavy (non-hydrogen) atoms. The number of aliphatic hydroxyl groups excluding tert-OH is 11. The molecule has 3 aliphatic rings. The van der Waals surface area contributed by atoms with Crippen LogP contribution in [0.5, 0.6) is 0 Å². The Morgan fingerprint density at radius 1 is 0.500 bits per heavy atom. The van der Waals surface area contributed by atoms with Crippen molar-refractivity contribution in [3.05, 3.63) is 36.5 Å². The van der Waals surface area contributed by atoms with Gasteiger partial charge in [0.15, 0.2) is 18.9 Å². The molecular weight excluding hydrogens is 939 g/mol. The molecule has 0 spiro atoms. The van der Waals surface area contributed by atoms with Gasteiger partial charge in [-0.05, 0) is 51.4 Å². The van der Waals surface area contributed by atoms with Crippen LogP contribution in [0.1, 0.15) is 162 Å². The predicted octanol–water partition coefficient (Wildman–Crippen LogP) is 2.98. The van der Waals surface area contributed by atoms with Crippen molar-refractivity contribution >= 4 is 5.91 Å². The van der Waals surface area contributed by atoms with E-state index in [9.17, 15) is 61.0 Å². The van der Waals surface area contributed by atoms with Crippen molar-refractivity contribution in [3.63, 3.8) is 0 Å². The smallest absolute Gasteiger partial charge is 0.220 e. The number of hydrogen-bond acceptors (Lipinski definition) is 18. The van der Waals surface area contributed by atoms with Crippen LogP contribution >= 0.6 is 0 Å². The topological polar surface area (TPSA) is 307 Å². The molecule has 0 aromatic heterocycles. The monoisotopic (exact) mass is 1030 g/mol. The van der Waals surface area contributed by atoms with Crippen LogP contribution in [0.3, 0.4) is 0 Å². The van der Waals surface area contributed by atoms with Crippen molar-refractivity contribution in [1.82, 2.24) is 5.32 Å². The van der Waals surface area contributed by atoms with Crippen molar-refractivity contribution < 1.29 is 89.4 Å². The second-order valence-electron chi connectivity index (χ2n) is 19.7. The third-order valence-electron chi connectivity index (χ3n) is 13.7. The standard InChI is InChI=1S/C53H95NO18/c1-3-5-7-9-11-13-15-17-18-19-21-23-25-27-29-31-41(59)54-36(37(58)30-28-26-24-22-20-16-14-12-10-8-6-4-2)35-67-51-47(65)44(62)49(39(33-56)69-51)72-53-48(66)45(63)50(40(34-57)70-53)71-52-46(64)43(61)42(60)38(32-55)68-52/h11,13,17-18,28,30,36-40,42-53,55-58,60-66H,3-10,12,14-16,19-27,29,31-35H2,1-2H3,(H,54,59)/b13-11-,18-17-,30-28+. The van der Waals surface area contributed by atoms with E-state index in [1.165, 1.54) is 64.2 Å². The second kappa shape index (κ2) is 37.7. The first-order valence-corrected chi connectivity index (χ1v) is 27.2. The highest BCUT2D eigenvalue weighted by atomic mass is 16.8. The minimum Gasteiger partial charge on any atom is -0.394 e. The van der Waals surface area contributed by atoms with E-state index in [2.05, 4.69) is 43.5 Å². The maximum Gasteiger partial charge on any atom is 0.220 e. The van der Waals surface area contributed by atoms with Crippen LogP contribution in [0, 0.1) is 0 Å². The lowest BCUT2D eigenvalue weighted by Gasteiger charge is -2.48. The van der Waals surface area contributed by atoms with Crippen LogP contribution < -0.4 is 5.32 Å². The largest absolute Gasteiger partial charge is 0.394 e. The molecule has 0 saturated carbocycles. The number of carbonyl (C=O) groups is 1. The summed E-state index contributed by atoms with van der Waals surface area (Å²) in [6.45, 7) is 1.64. The fourth-order valence-corrected chi connectivity index (χ4v) is 9.10. The van der Waals surface area contributed by atoms with Crippen LogP contribution in [0.15, 0.2) is 36.5 Å². The fourth-order valence-electron chi connectivity index (χ4n) is 9.10. The van der Waals surface area contributed by atoms with E-state index in [4.69, 9.17) is 28.4 Å². The van der Waals surface area contributed by atoms with Crippen LogP contribution in [-0.4, -0.2) is 193 Å². The molecule has 1 amide bonds. The van der Waals surface area contributed by atoms with Gasteiger partial charge in [0.05, 0.1) is 38.6 Å². The normalized spacial score (nSPS) is 32.3. The number of aliphatic hydroxyl groups is 11. The van der Waals surface area contributed by atoms with Gasteiger partial charge in [-0.1, -0.05) is 140 Å². The first-order chi connectivity index (χ1) is 34.8. The van der Waals surface area contributed by atoms with Gasteiger partial charge < -0.3 is 89.9 Å². The van der Waals surface area contributed by atoms with Gasteiger partial charge in [-0.2, -0.15) is 0 Å². The first-order valence-electron chi connectivity index (χ1n) is 27.2. The Labute approximate surface area is 428 Å². The van der Waals surface area contributed by atoms with E-state index in [0.717, 1.165) is 70.6 Å².